The lowest BCUT2D eigenvalue weighted by atomic mass is 10.2. The topological polar surface area (TPSA) is 73.4 Å². The van der Waals surface area contributed by atoms with Crippen molar-refractivity contribution in [3.63, 3.8) is 0 Å². The molecule has 1 aromatic heterocycles. The Morgan fingerprint density at radius 3 is 1.70 bits per heavy atom. The first-order chi connectivity index (χ1) is 4.88. The first kappa shape index (κ1) is 6.18. The van der Waals surface area contributed by atoms with Crippen LogP contribution in [0.5, 0.6) is 0 Å². The van der Waals surface area contributed by atoms with Gasteiger partial charge in [0.2, 0.25) is 0 Å². The zero-order valence-corrected chi connectivity index (χ0v) is 4.94. The molecule has 10 heavy (non-hydrogen) atoms. The highest BCUT2D eigenvalue weighted by molar-refractivity contribution is 5.41. The summed E-state index contributed by atoms with van der Waals surface area (Å²) >= 11 is 0. The number of aromatic nitrogens is 2. The van der Waals surface area contributed by atoms with E-state index in [1.807, 2.05) is 12.1 Å². The molecule has 0 aromatic carbocycles. The Hall–Kier alpha value is -1.94. The molecule has 0 spiro atoms. The van der Waals surface area contributed by atoms with E-state index in [4.69, 9.17) is 10.5 Å². The van der Waals surface area contributed by atoms with Gasteiger partial charge in [-0.15, -0.1) is 0 Å². The molecule has 0 bridgehead atoms. The summed E-state index contributed by atoms with van der Waals surface area (Å²) in [5.74, 6) is 0. The van der Waals surface area contributed by atoms with Gasteiger partial charge in [0.1, 0.15) is 12.1 Å². The van der Waals surface area contributed by atoms with E-state index in [1.165, 1.54) is 12.4 Å². The molecule has 46 valence electrons. The Morgan fingerprint density at radius 2 is 1.40 bits per heavy atom. The van der Waals surface area contributed by atoms with Crippen molar-refractivity contribution in [1.82, 2.24) is 10.2 Å². The highest BCUT2D eigenvalue weighted by Crippen LogP contribution is 1.99. The Morgan fingerprint density at radius 1 is 1.00 bits per heavy atom. The molecule has 0 amide bonds. The van der Waals surface area contributed by atoms with Crippen molar-refractivity contribution in [2.75, 3.05) is 0 Å². The molecule has 0 aliphatic heterocycles. The second-order valence-corrected chi connectivity index (χ2v) is 1.54. The summed E-state index contributed by atoms with van der Waals surface area (Å²) in [6.45, 7) is 0. The standard InChI is InChI=1S/C6H2N4/c7-1-5-3-9-10-4-6(5)2-8/h3-4H. The second-order valence-electron chi connectivity index (χ2n) is 1.54. The number of nitrogens with zero attached hydrogens (tertiary/aromatic N) is 4. The van der Waals surface area contributed by atoms with Crippen molar-refractivity contribution in [2.24, 2.45) is 0 Å². The van der Waals surface area contributed by atoms with Crippen LogP contribution in [0.2, 0.25) is 0 Å². The smallest absolute Gasteiger partial charge is 0.102 e. The molecule has 1 rings (SSSR count). The van der Waals surface area contributed by atoms with Crippen LogP contribution in [-0.4, -0.2) is 10.2 Å². The van der Waals surface area contributed by atoms with Crippen molar-refractivity contribution in [2.45, 2.75) is 0 Å². The first-order valence-electron chi connectivity index (χ1n) is 2.49. The maximum absolute atomic E-state index is 8.38. The molecule has 1 aromatic rings. The van der Waals surface area contributed by atoms with Crippen LogP contribution in [0.1, 0.15) is 11.1 Å². The van der Waals surface area contributed by atoms with E-state index in [9.17, 15) is 0 Å². The van der Waals surface area contributed by atoms with Crippen LogP contribution in [0.4, 0.5) is 0 Å². The molecule has 0 unspecified atom stereocenters. The first-order valence-corrected chi connectivity index (χ1v) is 2.49. The molecule has 0 aliphatic rings. The fourth-order valence-corrected chi connectivity index (χ4v) is 0.499. The van der Waals surface area contributed by atoms with E-state index in [-0.39, 0.29) is 11.1 Å². The number of hydrogen-bond acceptors (Lipinski definition) is 4. The zero-order chi connectivity index (χ0) is 7.40. The molecular weight excluding hydrogens is 128 g/mol. The largest absolute Gasteiger partial charge is 0.192 e. The van der Waals surface area contributed by atoms with E-state index in [1.54, 1.807) is 0 Å². The van der Waals surface area contributed by atoms with Crippen LogP contribution < -0.4 is 0 Å². The van der Waals surface area contributed by atoms with Gasteiger partial charge in [-0.1, -0.05) is 0 Å². The quantitative estimate of drug-likeness (QED) is 0.503. The summed E-state index contributed by atoms with van der Waals surface area (Å²) in [4.78, 5) is 0. The number of nitriles is 2. The van der Waals surface area contributed by atoms with E-state index in [0.29, 0.717) is 0 Å². The highest BCUT2D eigenvalue weighted by atomic mass is 15.1. The predicted octanol–water partition coefficient (Wildman–Crippen LogP) is 0.220. The Bertz CT molecular complexity index is 284. The molecule has 1 heterocycles. The van der Waals surface area contributed by atoms with E-state index in [0.717, 1.165) is 0 Å². The normalized spacial score (nSPS) is 7.80. The molecule has 0 atom stereocenters. The average molecular weight is 130 g/mol. The second kappa shape index (κ2) is 2.56. The van der Waals surface area contributed by atoms with Gasteiger partial charge in [0.25, 0.3) is 0 Å². The van der Waals surface area contributed by atoms with Gasteiger partial charge in [-0.2, -0.15) is 20.7 Å². The Kier molecular flexibility index (Phi) is 1.58. The zero-order valence-electron chi connectivity index (χ0n) is 4.94. The lowest BCUT2D eigenvalue weighted by Gasteiger charge is -1.86. The molecule has 0 fully saturated rings. The minimum absolute atomic E-state index is 0.262. The SMILES string of the molecule is N#Cc1cnncc1C#N. The van der Waals surface area contributed by atoms with Crippen molar-refractivity contribution < 1.29 is 0 Å². The molecule has 4 heteroatoms. The third kappa shape index (κ3) is 0.910. The number of rotatable bonds is 0. The van der Waals surface area contributed by atoms with Crippen molar-refractivity contribution in [3.8, 4) is 12.1 Å². The summed E-state index contributed by atoms with van der Waals surface area (Å²) in [5.41, 5.74) is 0.523. The Labute approximate surface area is 57.4 Å². The third-order valence-corrected chi connectivity index (χ3v) is 0.971. The monoisotopic (exact) mass is 130 g/mol. The molecule has 0 saturated carbocycles. The summed E-state index contributed by atoms with van der Waals surface area (Å²) < 4.78 is 0. The highest BCUT2D eigenvalue weighted by Gasteiger charge is 1.97. The van der Waals surface area contributed by atoms with Gasteiger partial charge in [-0.05, 0) is 0 Å². The van der Waals surface area contributed by atoms with Crippen molar-refractivity contribution in [1.29, 1.82) is 10.5 Å². The van der Waals surface area contributed by atoms with E-state index >= 15 is 0 Å². The van der Waals surface area contributed by atoms with Crippen molar-refractivity contribution >= 4 is 0 Å². The van der Waals surface area contributed by atoms with Gasteiger partial charge in [0.05, 0.1) is 23.5 Å². The average Bonchev–Trinajstić information content (AvgIpc) is 2.04. The van der Waals surface area contributed by atoms with Crippen molar-refractivity contribution in [3.05, 3.63) is 23.5 Å². The third-order valence-electron chi connectivity index (χ3n) is 0.971. The van der Waals surface area contributed by atoms with Crippen LogP contribution in [0.3, 0.4) is 0 Å². The summed E-state index contributed by atoms with van der Waals surface area (Å²) in [6.07, 6.45) is 2.52. The summed E-state index contributed by atoms with van der Waals surface area (Å²) in [6, 6.07) is 3.64. The van der Waals surface area contributed by atoms with Gasteiger partial charge in [-0.3, -0.25) is 0 Å². The molecule has 0 radical (unpaired) electrons. The number of hydrogen-bond donors (Lipinski definition) is 0. The molecule has 0 aliphatic carbocycles. The van der Waals surface area contributed by atoms with Crippen LogP contribution in [-0.2, 0) is 0 Å². The minimum Gasteiger partial charge on any atom is -0.192 e. The molecule has 0 saturated heterocycles. The molecule has 0 N–H and O–H groups in total. The fourth-order valence-electron chi connectivity index (χ4n) is 0.499. The minimum atomic E-state index is 0.262. The van der Waals surface area contributed by atoms with E-state index in [2.05, 4.69) is 10.2 Å². The van der Waals surface area contributed by atoms with Gasteiger partial charge >= 0.3 is 0 Å². The van der Waals surface area contributed by atoms with Crippen LogP contribution in [0, 0.1) is 22.7 Å². The van der Waals surface area contributed by atoms with Gasteiger partial charge < -0.3 is 0 Å². The molecule has 4 nitrogen and oxygen atoms in total. The van der Waals surface area contributed by atoms with Crippen LogP contribution >= 0.6 is 0 Å². The van der Waals surface area contributed by atoms with Gasteiger partial charge in [0, 0.05) is 0 Å². The molecular formula is C6H2N4. The predicted molar refractivity (Wildman–Crippen MR) is 31.5 cm³/mol. The summed E-state index contributed by atoms with van der Waals surface area (Å²) in [5, 5.41) is 23.6. The van der Waals surface area contributed by atoms with Crippen LogP contribution in [0.25, 0.3) is 0 Å². The maximum Gasteiger partial charge on any atom is 0.102 e. The summed E-state index contributed by atoms with van der Waals surface area (Å²) in [7, 11) is 0. The van der Waals surface area contributed by atoms with Gasteiger partial charge in [0.15, 0.2) is 0 Å². The van der Waals surface area contributed by atoms with Crippen LogP contribution in [0.15, 0.2) is 12.4 Å². The fraction of sp³-hybridized carbons (Fsp3) is 0. The van der Waals surface area contributed by atoms with E-state index < -0.39 is 0 Å². The lowest BCUT2D eigenvalue weighted by molar-refractivity contribution is 1.02. The lowest BCUT2D eigenvalue weighted by Crippen LogP contribution is -1.87. The maximum atomic E-state index is 8.38. The Balaban J connectivity index is 3.28. The van der Waals surface area contributed by atoms with Gasteiger partial charge in [-0.25, -0.2) is 0 Å².